The van der Waals surface area contributed by atoms with Crippen LogP contribution in [0.2, 0.25) is 0 Å². The van der Waals surface area contributed by atoms with Crippen molar-refractivity contribution in [2.24, 2.45) is 0 Å². The zero-order chi connectivity index (χ0) is 11.4. The van der Waals surface area contributed by atoms with E-state index in [1.165, 1.54) is 12.4 Å². The predicted octanol–water partition coefficient (Wildman–Crippen LogP) is 1.91. The Labute approximate surface area is 94.8 Å². The van der Waals surface area contributed by atoms with Crippen molar-refractivity contribution in [2.45, 2.75) is 25.8 Å². The molecule has 0 spiro atoms. The fraction of sp³-hybridized carbons (Fsp3) is 0.333. The minimum Gasteiger partial charge on any atom is -0.619 e. The lowest BCUT2D eigenvalue weighted by Gasteiger charge is -2.17. The van der Waals surface area contributed by atoms with Gasteiger partial charge < -0.3 is 9.77 Å². The number of hydrogen-bond acceptors (Lipinski definition) is 2. The number of pyridine rings is 1. The van der Waals surface area contributed by atoms with Crippen LogP contribution >= 0.6 is 0 Å². The molecule has 2 heterocycles. The van der Waals surface area contributed by atoms with Gasteiger partial charge in [-0.15, -0.1) is 0 Å². The van der Waals surface area contributed by atoms with Crippen molar-refractivity contribution in [1.29, 1.82) is 0 Å². The van der Waals surface area contributed by atoms with Gasteiger partial charge in [0.1, 0.15) is 0 Å². The molecule has 0 aromatic carbocycles. The van der Waals surface area contributed by atoms with E-state index in [9.17, 15) is 5.21 Å². The van der Waals surface area contributed by atoms with Gasteiger partial charge in [0, 0.05) is 24.5 Å². The SMILES string of the molecule is CCCC(c1cc[n+]([O-])cc1)n1ccnc1. The van der Waals surface area contributed by atoms with Crippen LogP contribution in [-0.2, 0) is 0 Å². The van der Waals surface area contributed by atoms with Gasteiger partial charge in [-0.2, -0.15) is 4.73 Å². The molecule has 4 nitrogen and oxygen atoms in total. The van der Waals surface area contributed by atoms with E-state index >= 15 is 0 Å². The average Bonchev–Trinajstić information content (AvgIpc) is 2.81. The first kappa shape index (κ1) is 10.7. The van der Waals surface area contributed by atoms with Crippen molar-refractivity contribution in [3.8, 4) is 0 Å². The fourth-order valence-electron chi connectivity index (χ4n) is 1.86. The van der Waals surface area contributed by atoms with Gasteiger partial charge in [-0.1, -0.05) is 13.3 Å². The van der Waals surface area contributed by atoms with E-state index in [1.54, 1.807) is 6.20 Å². The summed E-state index contributed by atoms with van der Waals surface area (Å²) in [6, 6.07) is 4.01. The average molecular weight is 217 g/mol. The lowest BCUT2D eigenvalue weighted by molar-refractivity contribution is -0.605. The molecule has 0 radical (unpaired) electrons. The van der Waals surface area contributed by atoms with E-state index in [4.69, 9.17) is 0 Å². The van der Waals surface area contributed by atoms with E-state index in [0.717, 1.165) is 23.1 Å². The molecule has 0 bridgehead atoms. The molecule has 0 aliphatic heterocycles. The molecule has 0 saturated carbocycles. The molecule has 2 aromatic heterocycles. The Morgan fingerprint density at radius 3 is 2.75 bits per heavy atom. The Morgan fingerprint density at radius 2 is 2.19 bits per heavy atom. The summed E-state index contributed by atoms with van der Waals surface area (Å²) in [7, 11) is 0. The highest BCUT2D eigenvalue weighted by molar-refractivity contribution is 5.14. The summed E-state index contributed by atoms with van der Waals surface area (Å²) in [5.41, 5.74) is 1.15. The number of imidazole rings is 1. The molecule has 0 aliphatic carbocycles. The molecule has 16 heavy (non-hydrogen) atoms. The number of nitrogens with zero attached hydrogens (tertiary/aromatic N) is 3. The normalized spacial score (nSPS) is 12.6. The highest BCUT2D eigenvalue weighted by Crippen LogP contribution is 2.22. The van der Waals surface area contributed by atoms with Crippen molar-refractivity contribution in [2.75, 3.05) is 0 Å². The number of hydrogen-bond donors (Lipinski definition) is 0. The zero-order valence-electron chi connectivity index (χ0n) is 9.28. The monoisotopic (exact) mass is 217 g/mol. The van der Waals surface area contributed by atoms with E-state index in [0.29, 0.717) is 0 Å². The van der Waals surface area contributed by atoms with E-state index in [1.807, 2.05) is 24.7 Å². The third-order valence-corrected chi connectivity index (χ3v) is 2.66. The molecule has 0 aliphatic rings. The summed E-state index contributed by atoms with van der Waals surface area (Å²) in [4.78, 5) is 4.06. The van der Waals surface area contributed by atoms with Gasteiger partial charge in [-0.05, 0) is 12.0 Å². The Kier molecular flexibility index (Phi) is 3.19. The topological polar surface area (TPSA) is 44.8 Å². The van der Waals surface area contributed by atoms with Crippen molar-refractivity contribution in [1.82, 2.24) is 9.55 Å². The summed E-state index contributed by atoms with van der Waals surface area (Å²) in [5.74, 6) is 0. The molecule has 0 amide bonds. The molecule has 2 aromatic rings. The summed E-state index contributed by atoms with van der Waals surface area (Å²) in [6.07, 6.45) is 10.8. The molecule has 2 rings (SSSR count). The quantitative estimate of drug-likeness (QED) is 0.580. The second-order valence-corrected chi connectivity index (χ2v) is 3.81. The van der Waals surface area contributed by atoms with E-state index < -0.39 is 0 Å². The predicted molar refractivity (Wildman–Crippen MR) is 60.7 cm³/mol. The molecular weight excluding hydrogens is 202 g/mol. The van der Waals surface area contributed by atoms with E-state index in [2.05, 4.69) is 16.5 Å². The third kappa shape index (κ3) is 2.21. The van der Waals surface area contributed by atoms with E-state index in [-0.39, 0.29) is 6.04 Å². The van der Waals surface area contributed by atoms with Crippen molar-refractivity contribution in [3.63, 3.8) is 0 Å². The van der Waals surface area contributed by atoms with Crippen LogP contribution in [0.25, 0.3) is 0 Å². The molecular formula is C12H15N3O. The van der Waals surface area contributed by atoms with Gasteiger partial charge in [0.05, 0.1) is 12.4 Å². The number of rotatable bonds is 4. The smallest absolute Gasteiger partial charge is 0.180 e. The molecule has 0 saturated heterocycles. The fourth-order valence-corrected chi connectivity index (χ4v) is 1.86. The lowest BCUT2D eigenvalue weighted by Crippen LogP contribution is -2.24. The summed E-state index contributed by atoms with van der Waals surface area (Å²) < 4.78 is 2.88. The first-order chi connectivity index (χ1) is 7.81. The van der Waals surface area contributed by atoms with Crippen molar-refractivity contribution >= 4 is 0 Å². The Balaban J connectivity index is 2.29. The van der Waals surface area contributed by atoms with Gasteiger partial charge in [-0.25, -0.2) is 4.98 Å². The van der Waals surface area contributed by atoms with Gasteiger partial charge in [0.2, 0.25) is 0 Å². The largest absolute Gasteiger partial charge is 0.619 e. The third-order valence-electron chi connectivity index (χ3n) is 2.66. The van der Waals surface area contributed by atoms with Crippen LogP contribution in [0.15, 0.2) is 43.2 Å². The second kappa shape index (κ2) is 4.79. The highest BCUT2D eigenvalue weighted by atomic mass is 16.5. The van der Waals surface area contributed by atoms with Crippen LogP contribution in [0, 0.1) is 5.21 Å². The summed E-state index contributed by atoms with van der Waals surface area (Å²) >= 11 is 0. The molecule has 84 valence electrons. The summed E-state index contributed by atoms with van der Waals surface area (Å²) in [5, 5.41) is 11.0. The molecule has 0 fully saturated rings. The lowest BCUT2D eigenvalue weighted by atomic mass is 10.0. The van der Waals surface area contributed by atoms with Crippen LogP contribution in [0.5, 0.6) is 0 Å². The Bertz CT molecular complexity index is 422. The van der Waals surface area contributed by atoms with Crippen molar-refractivity contribution < 1.29 is 4.73 Å². The van der Waals surface area contributed by atoms with Gasteiger partial charge in [0.15, 0.2) is 12.4 Å². The first-order valence-corrected chi connectivity index (χ1v) is 5.47. The maximum Gasteiger partial charge on any atom is 0.180 e. The Morgan fingerprint density at radius 1 is 1.44 bits per heavy atom. The molecule has 0 N–H and O–H groups in total. The highest BCUT2D eigenvalue weighted by Gasteiger charge is 2.12. The van der Waals surface area contributed by atoms with Crippen LogP contribution in [-0.4, -0.2) is 9.55 Å². The van der Waals surface area contributed by atoms with Gasteiger partial charge >= 0.3 is 0 Å². The van der Waals surface area contributed by atoms with Crippen LogP contribution in [0.4, 0.5) is 0 Å². The minimum absolute atomic E-state index is 0.272. The maximum absolute atomic E-state index is 11.0. The first-order valence-electron chi connectivity index (χ1n) is 5.47. The summed E-state index contributed by atoms with van der Waals surface area (Å²) in [6.45, 7) is 2.15. The van der Waals surface area contributed by atoms with Crippen LogP contribution in [0.3, 0.4) is 0 Å². The molecule has 1 unspecified atom stereocenters. The maximum atomic E-state index is 11.0. The number of aromatic nitrogens is 3. The van der Waals surface area contributed by atoms with Gasteiger partial charge in [-0.3, -0.25) is 0 Å². The van der Waals surface area contributed by atoms with Crippen LogP contribution < -0.4 is 4.73 Å². The van der Waals surface area contributed by atoms with Gasteiger partial charge in [0.25, 0.3) is 0 Å². The minimum atomic E-state index is 0.272. The Hall–Kier alpha value is -1.84. The molecule has 4 heteroatoms. The molecule has 1 atom stereocenters. The van der Waals surface area contributed by atoms with Crippen LogP contribution in [0.1, 0.15) is 31.4 Å². The van der Waals surface area contributed by atoms with Crippen molar-refractivity contribution in [3.05, 3.63) is 54.0 Å². The second-order valence-electron chi connectivity index (χ2n) is 3.81. The zero-order valence-corrected chi connectivity index (χ0v) is 9.28. The standard InChI is InChI=1S/C12H15N3O/c1-2-3-12(14-9-6-13-10-14)11-4-7-15(16)8-5-11/h4-10,12H,2-3H2,1H3.